The number of carbonyl (C=O) groups excluding carboxylic acids is 1. The van der Waals surface area contributed by atoms with Gasteiger partial charge in [-0.3, -0.25) is 4.79 Å². The summed E-state index contributed by atoms with van der Waals surface area (Å²) in [6, 6.07) is 5.66. The molecule has 0 bridgehead atoms. The van der Waals surface area contributed by atoms with Gasteiger partial charge in [0.2, 0.25) is 0 Å². The van der Waals surface area contributed by atoms with Crippen LogP contribution in [0.15, 0.2) is 22.7 Å². The van der Waals surface area contributed by atoms with Crippen molar-refractivity contribution in [1.82, 2.24) is 4.90 Å². The molecule has 0 radical (unpaired) electrons. The normalized spacial score (nSPS) is 12.3. The van der Waals surface area contributed by atoms with Gasteiger partial charge in [-0.25, -0.2) is 0 Å². The summed E-state index contributed by atoms with van der Waals surface area (Å²) in [4.78, 5) is 14.2. The fourth-order valence-corrected chi connectivity index (χ4v) is 3.14. The number of hydrogen-bond acceptors (Lipinski definition) is 2. The van der Waals surface area contributed by atoms with Crippen molar-refractivity contribution < 1.29 is 4.79 Å². The van der Waals surface area contributed by atoms with Gasteiger partial charge in [0.05, 0.1) is 10.6 Å². The molecule has 1 amide bonds. The highest BCUT2D eigenvalue weighted by atomic mass is 79.9. The van der Waals surface area contributed by atoms with E-state index in [1.807, 2.05) is 25.4 Å². The molecule has 0 aliphatic heterocycles. The molecule has 1 aromatic carbocycles. The average Bonchev–Trinajstić information content (AvgIpc) is 2.37. The molecule has 0 aromatic heterocycles. The highest BCUT2D eigenvalue weighted by molar-refractivity contribution is 9.10. The SMILES string of the molecule is CCC(CSC)N(C)C(=O)c1cccc(Br)c1Cl. The molecule has 0 N–H and O–H groups in total. The molecular weight excluding hydrogens is 334 g/mol. The lowest BCUT2D eigenvalue weighted by Gasteiger charge is -2.27. The zero-order valence-electron chi connectivity index (χ0n) is 10.7. The molecule has 0 spiro atoms. The van der Waals surface area contributed by atoms with Gasteiger partial charge in [-0.2, -0.15) is 11.8 Å². The Hall–Kier alpha value is -0.190. The van der Waals surface area contributed by atoms with Crippen molar-refractivity contribution in [3.63, 3.8) is 0 Å². The third-order valence-electron chi connectivity index (χ3n) is 2.88. The molecule has 1 rings (SSSR count). The molecule has 0 aliphatic carbocycles. The minimum atomic E-state index is -0.0257. The van der Waals surface area contributed by atoms with E-state index in [0.717, 1.165) is 16.6 Å². The largest absolute Gasteiger partial charge is 0.338 e. The Kier molecular flexibility index (Phi) is 6.53. The molecular formula is C13H17BrClNOS. The summed E-state index contributed by atoms with van der Waals surface area (Å²) in [6.45, 7) is 2.09. The number of amides is 1. The predicted octanol–water partition coefficient (Wildman–Crippen LogP) is 4.32. The maximum atomic E-state index is 12.4. The van der Waals surface area contributed by atoms with Crippen LogP contribution >= 0.6 is 39.3 Å². The van der Waals surface area contributed by atoms with Crippen LogP contribution in [0.25, 0.3) is 0 Å². The summed E-state index contributed by atoms with van der Waals surface area (Å²) in [5.74, 6) is 0.909. The number of halogens is 2. The van der Waals surface area contributed by atoms with E-state index in [9.17, 15) is 4.79 Å². The van der Waals surface area contributed by atoms with Crippen LogP contribution in [-0.2, 0) is 0 Å². The fraction of sp³-hybridized carbons (Fsp3) is 0.462. The van der Waals surface area contributed by atoms with Gasteiger partial charge in [-0.05, 0) is 40.7 Å². The van der Waals surface area contributed by atoms with Crippen molar-refractivity contribution in [1.29, 1.82) is 0 Å². The van der Waals surface area contributed by atoms with Gasteiger partial charge in [0.15, 0.2) is 0 Å². The lowest BCUT2D eigenvalue weighted by Crippen LogP contribution is -2.38. The molecule has 100 valence electrons. The number of thioether (sulfide) groups is 1. The smallest absolute Gasteiger partial charge is 0.255 e. The number of carbonyl (C=O) groups is 1. The molecule has 5 heteroatoms. The van der Waals surface area contributed by atoms with Gasteiger partial charge in [0, 0.05) is 23.3 Å². The first-order valence-electron chi connectivity index (χ1n) is 5.73. The van der Waals surface area contributed by atoms with E-state index in [-0.39, 0.29) is 11.9 Å². The predicted molar refractivity (Wildman–Crippen MR) is 83.7 cm³/mol. The highest BCUT2D eigenvalue weighted by Gasteiger charge is 2.21. The van der Waals surface area contributed by atoms with Crippen LogP contribution in [0.2, 0.25) is 5.02 Å². The molecule has 0 saturated heterocycles. The second-order valence-corrected chi connectivity index (χ2v) is 6.18. The third-order valence-corrected chi connectivity index (χ3v) is 4.89. The fourth-order valence-electron chi connectivity index (χ4n) is 1.72. The van der Waals surface area contributed by atoms with Crippen LogP contribution in [0.3, 0.4) is 0 Å². The maximum Gasteiger partial charge on any atom is 0.255 e. The standard InChI is InChI=1S/C13H17BrClNOS/c1-4-9(8-18-3)16(2)13(17)10-6-5-7-11(14)12(10)15/h5-7,9H,4,8H2,1-3H3. The minimum Gasteiger partial charge on any atom is -0.338 e. The number of hydrogen-bond donors (Lipinski definition) is 0. The van der Waals surface area contributed by atoms with E-state index in [1.165, 1.54) is 0 Å². The summed E-state index contributed by atoms with van der Waals surface area (Å²) in [7, 11) is 1.84. The van der Waals surface area contributed by atoms with E-state index in [1.54, 1.807) is 22.7 Å². The van der Waals surface area contributed by atoms with Crippen LogP contribution in [0, 0.1) is 0 Å². The van der Waals surface area contributed by atoms with E-state index in [4.69, 9.17) is 11.6 Å². The zero-order valence-corrected chi connectivity index (χ0v) is 13.9. The quantitative estimate of drug-likeness (QED) is 0.788. The molecule has 1 aromatic rings. The van der Waals surface area contributed by atoms with Crippen molar-refractivity contribution in [2.45, 2.75) is 19.4 Å². The Bertz CT molecular complexity index is 427. The molecule has 18 heavy (non-hydrogen) atoms. The topological polar surface area (TPSA) is 20.3 Å². The lowest BCUT2D eigenvalue weighted by atomic mass is 10.1. The van der Waals surface area contributed by atoms with Crippen LogP contribution in [0.4, 0.5) is 0 Å². The Morgan fingerprint density at radius 2 is 2.22 bits per heavy atom. The molecule has 1 atom stereocenters. The Balaban J connectivity index is 2.95. The van der Waals surface area contributed by atoms with Crippen LogP contribution in [0.5, 0.6) is 0 Å². The highest BCUT2D eigenvalue weighted by Crippen LogP contribution is 2.27. The minimum absolute atomic E-state index is 0.0257. The summed E-state index contributed by atoms with van der Waals surface area (Å²) < 4.78 is 0.751. The summed E-state index contributed by atoms with van der Waals surface area (Å²) in [6.07, 6.45) is 2.99. The van der Waals surface area contributed by atoms with Crippen molar-refractivity contribution in [2.24, 2.45) is 0 Å². The molecule has 0 heterocycles. The summed E-state index contributed by atoms with van der Waals surface area (Å²) >= 11 is 11.2. The van der Waals surface area contributed by atoms with Gasteiger partial charge >= 0.3 is 0 Å². The van der Waals surface area contributed by atoms with E-state index >= 15 is 0 Å². The number of rotatable bonds is 5. The number of nitrogens with zero attached hydrogens (tertiary/aromatic N) is 1. The Morgan fingerprint density at radius 3 is 2.78 bits per heavy atom. The first-order valence-corrected chi connectivity index (χ1v) is 8.29. The summed E-state index contributed by atoms with van der Waals surface area (Å²) in [5.41, 5.74) is 0.549. The van der Waals surface area contributed by atoms with Gasteiger partial charge < -0.3 is 4.90 Å². The molecule has 1 unspecified atom stereocenters. The van der Waals surface area contributed by atoms with E-state index in [2.05, 4.69) is 22.9 Å². The van der Waals surface area contributed by atoms with E-state index in [0.29, 0.717) is 10.6 Å². The molecule has 0 aliphatic rings. The summed E-state index contributed by atoms with van der Waals surface area (Å²) in [5, 5.41) is 0.480. The van der Waals surface area contributed by atoms with Crippen molar-refractivity contribution in [2.75, 3.05) is 19.1 Å². The average molecular weight is 351 g/mol. The van der Waals surface area contributed by atoms with E-state index < -0.39 is 0 Å². The van der Waals surface area contributed by atoms with Gasteiger partial charge in [0.1, 0.15) is 0 Å². The number of benzene rings is 1. The third kappa shape index (κ3) is 3.65. The Labute approximate surface area is 126 Å². The second-order valence-electron chi connectivity index (χ2n) is 4.03. The van der Waals surface area contributed by atoms with Gasteiger partial charge in [0.25, 0.3) is 5.91 Å². The second kappa shape index (κ2) is 7.41. The van der Waals surface area contributed by atoms with Crippen molar-refractivity contribution in [3.8, 4) is 0 Å². The van der Waals surface area contributed by atoms with Gasteiger partial charge in [-0.15, -0.1) is 0 Å². The lowest BCUT2D eigenvalue weighted by molar-refractivity contribution is 0.0744. The van der Waals surface area contributed by atoms with Gasteiger partial charge in [-0.1, -0.05) is 24.6 Å². The van der Waals surface area contributed by atoms with Crippen molar-refractivity contribution in [3.05, 3.63) is 33.3 Å². The first kappa shape index (κ1) is 15.9. The Morgan fingerprint density at radius 1 is 1.56 bits per heavy atom. The van der Waals surface area contributed by atoms with Crippen LogP contribution in [-0.4, -0.2) is 35.9 Å². The molecule has 0 saturated carbocycles. The van der Waals surface area contributed by atoms with Crippen LogP contribution < -0.4 is 0 Å². The zero-order chi connectivity index (χ0) is 13.7. The van der Waals surface area contributed by atoms with Crippen molar-refractivity contribution >= 4 is 45.2 Å². The maximum absolute atomic E-state index is 12.4. The monoisotopic (exact) mass is 349 g/mol. The molecule has 0 fully saturated rings. The first-order chi connectivity index (χ1) is 8.52. The molecule has 2 nitrogen and oxygen atoms in total. The van der Waals surface area contributed by atoms with Crippen LogP contribution in [0.1, 0.15) is 23.7 Å².